The molecule has 2 aromatic rings. The summed E-state index contributed by atoms with van der Waals surface area (Å²) < 4.78 is 32.8. The molecular formula is C19H24Cl2F2N2O. The molecule has 0 unspecified atom stereocenters. The van der Waals surface area contributed by atoms with Crippen molar-refractivity contribution in [3.05, 3.63) is 65.7 Å². The summed E-state index contributed by atoms with van der Waals surface area (Å²) in [5.74, 6) is 0.691. The van der Waals surface area contributed by atoms with Gasteiger partial charge in [0.05, 0.1) is 6.04 Å². The van der Waals surface area contributed by atoms with Crippen molar-refractivity contribution >= 4 is 24.8 Å². The van der Waals surface area contributed by atoms with Gasteiger partial charge in [-0.25, -0.2) is 8.78 Å². The minimum absolute atomic E-state index is 0. The molecule has 0 aliphatic carbocycles. The van der Waals surface area contributed by atoms with Crippen LogP contribution in [-0.4, -0.2) is 37.5 Å². The maximum atomic E-state index is 13.5. The molecule has 1 N–H and O–H groups in total. The lowest BCUT2D eigenvalue weighted by atomic mass is 10.0. The molecular weight excluding hydrogens is 381 g/mol. The van der Waals surface area contributed by atoms with Gasteiger partial charge in [-0.3, -0.25) is 4.90 Å². The fourth-order valence-corrected chi connectivity index (χ4v) is 2.98. The summed E-state index contributed by atoms with van der Waals surface area (Å²) in [6, 6.07) is 16.1. The van der Waals surface area contributed by atoms with Crippen molar-refractivity contribution < 1.29 is 13.5 Å². The summed E-state index contributed by atoms with van der Waals surface area (Å²) in [4.78, 5) is 1.85. The molecule has 144 valence electrons. The van der Waals surface area contributed by atoms with Crippen LogP contribution in [0.15, 0.2) is 54.6 Å². The number of alkyl halides is 2. The van der Waals surface area contributed by atoms with E-state index in [9.17, 15) is 8.78 Å². The van der Waals surface area contributed by atoms with Crippen LogP contribution in [0.2, 0.25) is 0 Å². The Morgan fingerprint density at radius 1 is 0.923 bits per heavy atom. The van der Waals surface area contributed by atoms with Gasteiger partial charge in [0.2, 0.25) is 0 Å². The van der Waals surface area contributed by atoms with Crippen LogP contribution in [0.4, 0.5) is 8.78 Å². The number of nitrogens with zero attached hydrogens (tertiary/aromatic N) is 1. The van der Waals surface area contributed by atoms with E-state index in [1.54, 1.807) is 24.3 Å². The van der Waals surface area contributed by atoms with Gasteiger partial charge in [0.1, 0.15) is 12.4 Å². The average molecular weight is 405 g/mol. The van der Waals surface area contributed by atoms with Crippen LogP contribution in [0, 0.1) is 0 Å². The summed E-state index contributed by atoms with van der Waals surface area (Å²) in [6.45, 7) is 3.25. The molecule has 0 saturated carbocycles. The third kappa shape index (κ3) is 6.09. The number of nitrogens with one attached hydrogen (secondary N) is 1. The first-order chi connectivity index (χ1) is 11.7. The quantitative estimate of drug-likeness (QED) is 0.775. The highest BCUT2D eigenvalue weighted by atomic mass is 35.5. The molecule has 3 nitrogen and oxygen atoms in total. The summed E-state index contributed by atoms with van der Waals surface area (Å²) in [7, 11) is 0. The van der Waals surface area contributed by atoms with Gasteiger partial charge >= 0.3 is 0 Å². The van der Waals surface area contributed by atoms with E-state index in [1.807, 2.05) is 35.2 Å². The van der Waals surface area contributed by atoms with Crippen molar-refractivity contribution in [3.8, 4) is 5.75 Å². The van der Waals surface area contributed by atoms with Crippen molar-refractivity contribution in [1.82, 2.24) is 10.2 Å². The monoisotopic (exact) mass is 404 g/mol. The number of piperazine rings is 1. The van der Waals surface area contributed by atoms with Gasteiger partial charge in [-0.15, -0.1) is 24.8 Å². The van der Waals surface area contributed by atoms with Crippen molar-refractivity contribution in [2.45, 2.75) is 19.1 Å². The Hall–Kier alpha value is -1.40. The second-order valence-electron chi connectivity index (χ2n) is 5.91. The highest BCUT2D eigenvalue weighted by Crippen LogP contribution is 2.29. The average Bonchev–Trinajstić information content (AvgIpc) is 2.63. The van der Waals surface area contributed by atoms with E-state index < -0.39 is 12.5 Å². The summed E-state index contributed by atoms with van der Waals surface area (Å²) >= 11 is 0. The molecule has 0 amide bonds. The highest BCUT2D eigenvalue weighted by Gasteiger charge is 2.29. The predicted molar refractivity (Wildman–Crippen MR) is 105 cm³/mol. The minimum Gasteiger partial charge on any atom is -0.489 e. The van der Waals surface area contributed by atoms with Crippen molar-refractivity contribution in [2.24, 2.45) is 0 Å². The third-order valence-electron chi connectivity index (χ3n) is 4.25. The molecule has 0 radical (unpaired) electrons. The Kier molecular flexibility index (Phi) is 9.88. The van der Waals surface area contributed by atoms with Crippen LogP contribution in [0.5, 0.6) is 5.75 Å². The fourth-order valence-electron chi connectivity index (χ4n) is 2.98. The van der Waals surface area contributed by atoms with E-state index >= 15 is 0 Å². The maximum Gasteiger partial charge on any atom is 0.258 e. The van der Waals surface area contributed by atoms with Crippen LogP contribution in [0.3, 0.4) is 0 Å². The number of rotatable bonds is 6. The van der Waals surface area contributed by atoms with E-state index in [2.05, 4.69) is 5.32 Å². The summed E-state index contributed by atoms with van der Waals surface area (Å²) in [5.41, 5.74) is 1.71. The predicted octanol–water partition coefficient (Wildman–Crippen LogP) is 4.32. The Morgan fingerprint density at radius 2 is 1.54 bits per heavy atom. The van der Waals surface area contributed by atoms with Gasteiger partial charge in [-0.05, 0) is 23.3 Å². The Bertz CT molecular complexity index is 623. The van der Waals surface area contributed by atoms with Gasteiger partial charge in [0.15, 0.2) is 0 Å². The smallest absolute Gasteiger partial charge is 0.258 e. The molecule has 0 spiro atoms. The zero-order chi connectivity index (χ0) is 16.8. The number of benzene rings is 2. The first-order valence-corrected chi connectivity index (χ1v) is 8.23. The molecule has 7 heteroatoms. The highest BCUT2D eigenvalue weighted by molar-refractivity contribution is 5.85. The molecule has 3 rings (SSSR count). The lowest BCUT2D eigenvalue weighted by molar-refractivity contribution is 0.0181. The lowest BCUT2D eigenvalue weighted by Crippen LogP contribution is -2.46. The van der Waals surface area contributed by atoms with Crippen molar-refractivity contribution in [1.29, 1.82) is 0 Å². The standard InChI is InChI=1S/C19H22F2N2O.2ClH/c20-19(21)18(23-12-10-22-11-13-23)16-6-8-17(9-7-16)24-14-15-4-2-1-3-5-15;;/h1-9,18-19,22H,10-14H2;2*1H/t18-;;/m1../s1. The van der Waals surface area contributed by atoms with Crippen LogP contribution < -0.4 is 10.1 Å². The molecule has 1 aliphatic rings. The largest absolute Gasteiger partial charge is 0.489 e. The molecule has 0 aromatic heterocycles. The lowest BCUT2D eigenvalue weighted by Gasteiger charge is -2.34. The van der Waals surface area contributed by atoms with Crippen molar-refractivity contribution in [3.63, 3.8) is 0 Å². The topological polar surface area (TPSA) is 24.5 Å². The van der Waals surface area contributed by atoms with Gasteiger partial charge in [-0.2, -0.15) is 0 Å². The normalized spacial score (nSPS) is 15.7. The number of hydrogen-bond donors (Lipinski definition) is 1. The number of ether oxygens (including phenoxy) is 1. The second kappa shape index (κ2) is 11.3. The van der Waals surface area contributed by atoms with Gasteiger partial charge < -0.3 is 10.1 Å². The number of halogens is 4. The SMILES string of the molecule is Cl.Cl.FC(F)[C@@H](c1ccc(OCc2ccccc2)cc1)N1CCNCC1. The van der Waals surface area contributed by atoms with Gasteiger partial charge in [0.25, 0.3) is 6.43 Å². The zero-order valence-corrected chi connectivity index (χ0v) is 15.9. The maximum absolute atomic E-state index is 13.5. The molecule has 1 aliphatic heterocycles. The van der Waals surface area contributed by atoms with Gasteiger partial charge in [-0.1, -0.05) is 42.5 Å². The Labute approximate surface area is 165 Å². The van der Waals surface area contributed by atoms with Crippen LogP contribution >= 0.6 is 24.8 Å². The zero-order valence-electron chi connectivity index (χ0n) is 14.3. The van der Waals surface area contributed by atoms with Crippen LogP contribution in [0.25, 0.3) is 0 Å². The molecule has 1 saturated heterocycles. The fraction of sp³-hybridized carbons (Fsp3) is 0.368. The summed E-state index contributed by atoms with van der Waals surface area (Å²) in [5, 5.41) is 3.19. The Morgan fingerprint density at radius 3 is 2.12 bits per heavy atom. The third-order valence-corrected chi connectivity index (χ3v) is 4.25. The van der Waals surface area contributed by atoms with E-state index in [1.165, 1.54) is 0 Å². The second-order valence-corrected chi connectivity index (χ2v) is 5.91. The van der Waals surface area contributed by atoms with Crippen LogP contribution in [-0.2, 0) is 6.61 Å². The molecule has 1 heterocycles. The Balaban J connectivity index is 0.00000169. The van der Waals surface area contributed by atoms with Gasteiger partial charge in [0, 0.05) is 26.2 Å². The molecule has 1 fully saturated rings. The molecule has 1 atom stereocenters. The van der Waals surface area contributed by atoms with E-state index in [0.29, 0.717) is 31.0 Å². The summed E-state index contributed by atoms with van der Waals surface area (Å²) in [6.07, 6.45) is -2.40. The first kappa shape index (κ1) is 22.6. The van der Waals surface area contributed by atoms with E-state index in [-0.39, 0.29) is 24.8 Å². The molecule has 2 aromatic carbocycles. The molecule has 26 heavy (non-hydrogen) atoms. The van der Waals surface area contributed by atoms with Crippen LogP contribution in [0.1, 0.15) is 17.2 Å². The molecule has 0 bridgehead atoms. The van der Waals surface area contributed by atoms with Crippen molar-refractivity contribution in [2.75, 3.05) is 26.2 Å². The van der Waals surface area contributed by atoms with E-state index in [0.717, 1.165) is 18.7 Å². The number of hydrogen-bond acceptors (Lipinski definition) is 3. The minimum atomic E-state index is -2.40. The van der Waals surface area contributed by atoms with E-state index in [4.69, 9.17) is 4.74 Å². The first-order valence-electron chi connectivity index (χ1n) is 8.23.